The summed E-state index contributed by atoms with van der Waals surface area (Å²) >= 11 is 0. The van der Waals surface area contributed by atoms with Gasteiger partial charge in [0.2, 0.25) is 5.70 Å². The molecule has 0 spiro atoms. The zero-order valence-electron chi connectivity index (χ0n) is 29.1. The molecule has 2 heteroatoms. The number of hydrogen-bond donors (Lipinski definition) is 0. The third-order valence-corrected chi connectivity index (χ3v) is 8.97. The zero-order valence-corrected chi connectivity index (χ0v) is 29.1. The third-order valence-electron chi connectivity index (χ3n) is 8.97. The van der Waals surface area contributed by atoms with Crippen LogP contribution in [0.5, 0.6) is 0 Å². The molecule has 0 aromatic heterocycles. The predicted octanol–water partition coefficient (Wildman–Crippen LogP) is 13.1. The zero-order chi connectivity index (χ0) is 31.6. The first-order valence-corrected chi connectivity index (χ1v) is 18.1. The lowest BCUT2D eigenvalue weighted by Crippen LogP contribution is -2.08. The van der Waals surface area contributed by atoms with E-state index in [2.05, 4.69) is 113 Å². The summed E-state index contributed by atoms with van der Waals surface area (Å²) in [6.07, 6.45) is 20.8. The summed E-state index contributed by atoms with van der Waals surface area (Å²) in [4.78, 5) is 0. The molecule has 2 nitrogen and oxygen atoms in total. The van der Waals surface area contributed by atoms with Crippen LogP contribution in [0.1, 0.15) is 140 Å². The van der Waals surface area contributed by atoms with Gasteiger partial charge in [-0.15, -0.1) is 0 Å². The summed E-state index contributed by atoms with van der Waals surface area (Å²) < 4.78 is 2.23. The van der Waals surface area contributed by atoms with Crippen molar-refractivity contribution < 1.29 is 4.70 Å². The van der Waals surface area contributed by atoms with Crippen molar-refractivity contribution >= 4 is 11.8 Å². The van der Waals surface area contributed by atoms with Gasteiger partial charge >= 0.3 is 0 Å². The van der Waals surface area contributed by atoms with Gasteiger partial charge in [0.25, 0.3) is 0 Å². The summed E-state index contributed by atoms with van der Waals surface area (Å²) in [7, 11) is 0. The normalized spacial score (nSPS) is 12.2. The van der Waals surface area contributed by atoms with Crippen LogP contribution in [0.15, 0.2) is 71.5 Å². The van der Waals surface area contributed by atoms with Gasteiger partial charge < -0.3 is 0 Å². The Labute approximate surface area is 270 Å². The number of benzene rings is 3. The van der Waals surface area contributed by atoms with E-state index in [1.165, 1.54) is 111 Å². The van der Waals surface area contributed by atoms with Crippen molar-refractivity contribution in [1.82, 2.24) is 0 Å². The fraction of sp³-hybridized carbons (Fsp3) is 0.524. The second kappa shape index (κ2) is 20.1. The van der Waals surface area contributed by atoms with E-state index < -0.39 is 0 Å². The third kappa shape index (κ3) is 10.9. The van der Waals surface area contributed by atoms with Crippen LogP contribution in [0.3, 0.4) is 0 Å². The number of azo groups is 2. The largest absolute Gasteiger partial charge is 0.208 e. The average Bonchev–Trinajstić information content (AvgIpc) is 3.06. The van der Waals surface area contributed by atoms with Crippen molar-refractivity contribution in [2.75, 3.05) is 6.54 Å². The molecule has 0 bridgehead atoms. The van der Waals surface area contributed by atoms with Crippen molar-refractivity contribution in [3.8, 4) is 11.1 Å². The van der Waals surface area contributed by atoms with Crippen LogP contribution >= 0.6 is 0 Å². The summed E-state index contributed by atoms with van der Waals surface area (Å²) in [6, 6.07) is 22.9. The van der Waals surface area contributed by atoms with E-state index >= 15 is 0 Å². The maximum absolute atomic E-state index is 5.30. The molecular weight excluding hydrogens is 532 g/mol. The van der Waals surface area contributed by atoms with Crippen molar-refractivity contribution in [1.29, 1.82) is 0 Å². The van der Waals surface area contributed by atoms with Crippen LogP contribution < -0.4 is 0 Å². The molecule has 3 aromatic rings. The molecule has 0 saturated carbocycles. The van der Waals surface area contributed by atoms with Crippen molar-refractivity contribution in [2.24, 2.45) is 5.11 Å². The van der Waals surface area contributed by atoms with E-state index in [9.17, 15) is 0 Å². The molecule has 0 amide bonds. The van der Waals surface area contributed by atoms with Gasteiger partial charge in [-0.3, -0.25) is 0 Å². The monoisotopic (exact) mass is 593 g/mol. The molecule has 0 N–H and O–H groups in total. The van der Waals surface area contributed by atoms with E-state index in [1.54, 1.807) is 11.1 Å². The molecule has 44 heavy (non-hydrogen) atoms. The molecule has 0 aliphatic rings. The van der Waals surface area contributed by atoms with Crippen molar-refractivity contribution in [3.05, 3.63) is 94.2 Å². The van der Waals surface area contributed by atoms with Gasteiger partial charge in [-0.25, -0.2) is 0 Å². The standard InChI is InChI=1S/C42H61N2/c1-7-13-16-19-24-36-29-28-34(30-38(36)23-15-9-3)31-40(11-5)44(12-6)43-39-32-35(10-4)41(27-22-17-14-8-2)42(33-39)37-25-20-18-21-26-37/h18,20-21,25-26,28-33H,7-17,19,22-24,27H2,1-6H3/q+1. The minimum atomic E-state index is 0.846. The molecule has 3 rings (SSSR count). The quantitative estimate of drug-likeness (QED) is 0.0703. The van der Waals surface area contributed by atoms with Gasteiger partial charge in [0.05, 0.1) is 0 Å². The van der Waals surface area contributed by atoms with Gasteiger partial charge in [0, 0.05) is 12.5 Å². The van der Waals surface area contributed by atoms with Crippen LogP contribution in [0.4, 0.5) is 5.69 Å². The van der Waals surface area contributed by atoms with Crippen molar-refractivity contribution in [2.45, 2.75) is 138 Å². The van der Waals surface area contributed by atoms with Crippen LogP contribution in [0, 0.1) is 0 Å². The first kappa shape index (κ1) is 35.5. The molecule has 0 aliphatic carbocycles. The lowest BCUT2D eigenvalue weighted by molar-refractivity contribution is -0.539. The molecule has 3 aromatic carbocycles. The first-order chi connectivity index (χ1) is 21.6. The minimum absolute atomic E-state index is 0.846. The Morgan fingerprint density at radius 1 is 0.636 bits per heavy atom. The number of aryl methyl sites for hydroxylation is 3. The second-order valence-electron chi connectivity index (χ2n) is 12.4. The number of hydrogen-bond acceptors (Lipinski definition) is 1. The van der Waals surface area contributed by atoms with Crippen LogP contribution in [-0.4, -0.2) is 11.2 Å². The summed E-state index contributed by atoms with van der Waals surface area (Å²) in [5.74, 6) is 0. The van der Waals surface area contributed by atoms with Crippen LogP contribution in [0.25, 0.3) is 17.2 Å². The first-order valence-electron chi connectivity index (χ1n) is 18.1. The number of rotatable bonds is 20. The van der Waals surface area contributed by atoms with E-state index in [0.717, 1.165) is 31.5 Å². The van der Waals surface area contributed by atoms with Gasteiger partial charge in [-0.05, 0) is 108 Å². The highest BCUT2D eigenvalue weighted by Crippen LogP contribution is 2.34. The van der Waals surface area contributed by atoms with Gasteiger partial charge in [-0.2, -0.15) is 0 Å². The van der Waals surface area contributed by atoms with Crippen LogP contribution in [0.2, 0.25) is 0 Å². The highest BCUT2D eigenvalue weighted by atomic mass is 15.3. The predicted molar refractivity (Wildman–Crippen MR) is 193 cm³/mol. The summed E-state index contributed by atoms with van der Waals surface area (Å²) in [5, 5.41) is 5.30. The Morgan fingerprint density at radius 3 is 1.95 bits per heavy atom. The van der Waals surface area contributed by atoms with Gasteiger partial charge in [0.1, 0.15) is 5.69 Å². The molecule has 0 unspecified atom stereocenters. The minimum Gasteiger partial charge on any atom is -0.0882 e. The van der Waals surface area contributed by atoms with E-state index in [4.69, 9.17) is 5.11 Å². The van der Waals surface area contributed by atoms with Crippen molar-refractivity contribution in [3.63, 3.8) is 0 Å². The Kier molecular flexibility index (Phi) is 16.2. The molecular formula is C42H61N2+. The number of unbranched alkanes of at least 4 members (excludes halogenated alkanes) is 7. The topological polar surface area (TPSA) is 15.4 Å². The van der Waals surface area contributed by atoms with E-state index in [1.807, 2.05) is 0 Å². The average molecular weight is 594 g/mol. The molecule has 0 atom stereocenters. The Hall–Kier alpha value is -3.00. The summed E-state index contributed by atoms with van der Waals surface area (Å²) in [5.41, 5.74) is 12.3. The lowest BCUT2D eigenvalue weighted by Gasteiger charge is -2.16. The molecule has 0 aliphatic heterocycles. The van der Waals surface area contributed by atoms with Crippen LogP contribution in [-0.2, 0) is 25.7 Å². The molecule has 0 saturated heterocycles. The smallest absolute Gasteiger partial charge is 0.0882 e. The second-order valence-corrected chi connectivity index (χ2v) is 12.4. The Bertz CT molecular complexity index is 1320. The van der Waals surface area contributed by atoms with E-state index in [0.29, 0.717) is 0 Å². The number of allylic oxidation sites excluding steroid dienone is 1. The maximum Gasteiger partial charge on any atom is 0.208 e. The Morgan fingerprint density at radius 2 is 1.32 bits per heavy atom. The molecule has 238 valence electrons. The molecule has 0 heterocycles. The van der Waals surface area contributed by atoms with E-state index in [-0.39, 0.29) is 0 Å². The van der Waals surface area contributed by atoms with Gasteiger partial charge in [-0.1, -0.05) is 133 Å². The highest BCUT2D eigenvalue weighted by Gasteiger charge is 2.17. The SMILES string of the molecule is CCCCCCc1ccc(C=C(CC)[N+](CC)=Nc2cc(CC)c(CCCCCC)c(-c3ccccc3)c2)cc1CCCC. The highest BCUT2D eigenvalue weighted by molar-refractivity contribution is 5.72. The molecule has 0 fully saturated rings. The molecule has 0 radical (unpaired) electrons. The maximum atomic E-state index is 5.30. The number of nitrogens with zero attached hydrogens (tertiary/aromatic N) is 2. The summed E-state index contributed by atoms with van der Waals surface area (Å²) in [6.45, 7) is 14.5. The fourth-order valence-electron chi connectivity index (χ4n) is 6.34. The Balaban J connectivity index is 2.00. The lowest BCUT2D eigenvalue weighted by atomic mass is 9.90. The fourth-order valence-corrected chi connectivity index (χ4v) is 6.34. The van der Waals surface area contributed by atoms with Gasteiger partial charge in [0.15, 0.2) is 6.54 Å².